The Balaban J connectivity index is 1.37. The molecule has 0 atom stereocenters. The Morgan fingerprint density at radius 1 is 1.11 bits per heavy atom. The Bertz CT molecular complexity index is 1230. The molecule has 1 aromatic carbocycles. The van der Waals surface area contributed by atoms with Crippen molar-refractivity contribution in [2.75, 3.05) is 5.32 Å². The van der Waals surface area contributed by atoms with Gasteiger partial charge < -0.3 is 4.98 Å². The molecule has 132 valence electrons. The van der Waals surface area contributed by atoms with E-state index in [4.69, 9.17) is 0 Å². The molecule has 4 aromatic heterocycles. The molecule has 0 unspecified atom stereocenters. The van der Waals surface area contributed by atoms with E-state index in [1.807, 2.05) is 47.3 Å². The number of H-pyrrole nitrogens is 2. The van der Waals surface area contributed by atoms with Crippen LogP contribution in [0, 0.1) is 0 Å². The molecule has 5 aromatic rings. The molecule has 0 fully saturated rings. The molecule has 6 nitrogen and oxygen atoms in total. The van der Waals surface area contributed by atoms with Crippen molar-refractivity contribution in [3.63, 3.8) is 0 Å². The highest BCUT2D eigenvalue weighted by molar-refractivity contribution is 7.14. The van der Waals surface area contributed by atoms with Gasteiger partial charge >= 0.3 is 0 Å². The van der Waals surface area contributed by atoms with Crippen molar-refractivity contribution in [3.05, 3.63) is 65.1 Å². The van der Waals surface area contributed by atoms with E-state index in [2.05, 4.69) is 31.5 Å². The van der Waals surface area contributed by atoms with Crippen molar-refractivity contribution >= 4 is 44.6 Å². The Labute approximate surface area is 161 Å². The summed E-state index contributed by atoms with van der Waals surface area (Å²) in [4.78, 5) is 21.3. The first-order valence-corrected chi connectivity index (χ1v) is 9.96. The van der Waals surface area contributed by atoms with Crippen LogP contribution in [0.5, 0.6) is 0 Å². The monoisotopic (exact) mass is 391 g/mol. The zero-order chi connectivity index (χ0) is 18.2. The minimum Gasteiger partial charge on any atom is -0.360 e. The third-order valence-electron chi connectivity index (χ3n) is 4.19. The number of hydrogen-bond acceptors (Lipinski definition) is 5. The van der Waals surface area contributed by atoms with E-state index in [1.165, 1.54) is 11.3 Å². The fourth-order valence-corrected chi connectivity index (χ4v) is 4.29. The van der Waals surface area contributed by atoms with Gasteiger partial charge in [0.25, 0.3) is 5.91 Å². The fraction of sp³-hybridized carbons (Fsp3) is 0. The minimum absolute atomic E-state index is 0.283. The van der Waals surface area contributed by atoms with Crippen LogP contribution in [0.25, 0.3) is 32.7 Å². The molecule has 3 N–H and O–H groups in total. The zero-order valence-electron chi connectivity index (χ0n) is 13.9. The number of rotatable bonds is 4. The summed E-state index contributed by atoms with van der Waals surface area (Å²) in [6.45, 7) is 0. The van der Waals surface area contributed by atoms with Crippen molar-refractivity contribution in [2.24, 2.45) is 0 Å². The van der Waals surface area contributed by atoms with E-state index in [-0.39, 0.29) is 5.91 Å². The average molecular weight is 391 g/mol. The summed E-state index contributed by atoms with van der Waals surface area (Å²) >= 11 is 2.98. The molecule has 0 bridgehead atoms. The van der Waals surface area contributed by atoms with Gasteiger partial charge in [0.2, 0.25) is 0 Å². The fourth-order valence-electron chi connectivity index (χ4n) is 2.90. The Morgan fingerprint density at radius 3 is 2.93 bits per heavy atom. The second-order valence-electron chi connectivity index (χ2n) is 5.88. The molecule has 8 heteroatoms. The van der Waals surface area contributed by atoms with E-state index in [0.717, 1.165) is 32.7 Å². The lowest BCUT2D eigenvalue weighted by Crippen LogP contribution is -2.12. The quantitative estimate of drug-likeness (QED) is 0.403. The highest BCUT2D eigenvalue weighted by Crippen LogP contribution is 2.31. The number of hydrogen-bond donors (Lipinski definition) is 3. The van der Waals surface area contributed by atoms with Gasteiger partial charge in [0.05, 0.1) is 16.3 Å². The molecule has 0 aliphatic carbocycles. The first-order valence-electron chi connectivity index (χ1n) is 8.20. The van der Waals surface area contributed by atoms with Gasteiger partial charge in [-0.05, 0) is 23.6 Å². The number of thiazole rings is 1. The number of fused-ring (bicyclic) bond motifs is 1. The van der Waals surface area contributed by atoms with Gasteiger partial charge in [-0.3, -0.25) is 15.2 Å². The van der Waals surface area contributed by atoms with Crippen molar-refractivity contribution < 1.29 is 4.79 Å². The van der Waals surface area contributed by atoms with Crippen molar-refractivity contribution in [2.45, 2.75) is 0 Å². The van der Waals surface area contributed by atoms with Gasteiger partial charge in [0, 0.05) is 28.0 Å². The largest absolute Gasteiger partial charge is 0.360 e. The summed E-state index contributed by atoms with van der Waals surface area (Å²) in [5.74, 6) is -0.283. The summed E-state index contributed by atoms with van der Waals surface area (Å²) in [5.41, 5.74) is 4.07. The maximum atomic E-state index is 12.5. The number of amides is 1. The number of nitrogens with one attached hydrogen (secondary N) is 3. The van der Waals surface area contributed by atoms with Crippen LogP contribution >= 0.6 is 22.7 Å². The highest BCUT2D eigenvalue weighted by Gasteiger charge is 2.15. The van der Waals surface area contributed by atoms with Crippen LogP contribution < -0.4 is 5.32 Å². The van der Waals surface area contributed by atoms with E-state index >= 15 is 0 Å². The van der Waals surface area contributed by atoms with Crippen molar-refractivity contribution in [3.8, 4) is 21.8 Å². The predicted molar refractivity (Wildman–Crippen MR) is 109 cm³/mol. The maximum absolute atomic E-state index is 12.5. The molecular formula is C19H13N5OS2. The lowest BCUT2D eigenvalue weighted by atomic mass is 10.1. The Kier molecular flexibility index (Phi) is 3.84. The van der Waals surface area contributed by atoms with E-state index in [1.54, 1.807) is 17.4 Å². The molecule has 0 radical (unpaired) electrons. The number of anilines is 1. The molecule has 1 amide bonds. The first kappa shape index (κ1) is 16.0. The van der Waals surface area contributed by atoms with E-state index in [9.17, 15) is 4.79 Å². The molecule has 4 heterocycles. The second kappa shape index (κ2) is 6.49. The standard InChI is InChI=1S/C19H13N5OS2/c25-18(15-8-14(23-24-15)17-6-3-7-26-17)22-19-21-16(10-27-19)12-9-20-13-5-2-1-4-11(12)13/h1-10,20H,(H,23,24)(H,21,22,25). The summed E-state index contributed by atoms with van der Waals surface area (Å²) in [5, 5.41) is 15.4. The number of benzene rings is 1. The molecule has 5 rings (SSSR count). The van der Waals surface area contributed by atoms with Gasteiger partial charge in [-0.2, -0.15) is 5.10 Å². The number of carbonyl (C=O) groups excluding carboxylic acids is 1. The molecular weight excluding hydrogens is 378 g/mol. The van der Waals surface area contributed by atoms with Gasteiger partial charge in [-0.1, -0.05) is 24.3 Å². The topological polar surface area (TPSA) is 86.5 Å². The highest BCUT2D eigenvalue weighted by atomic mass is 32.1. The molecule has 0 aliphatic rings. The zero-order valence-corrected chi connectivity index (χ0v) is 15.5. The predicted octanol–water partition coefficient (Wildman–Crippen LogP) is 5.00. The Morgan fingerprint density at radius 2 is 2.04 bits per heavy atom. The van der Waals surface area contributed by atoms with Crippen LogP contribution in [0.1, 0.15) is 10.5 Å². The molecule has 0 saturated carbocycles. The lowest BCUT2D eigenvalue weighted by Gasteiger charge is -1.97. The van der Waals surface area contributed by atoms with Crippen LogP contribution in [0.3, 0.4) is 0 Å². The number of aromatic nitrogens is 4. The summed E-state index contributed by atoms with van der Waals surface area (Å²) in [6.07, 6.45) is 1.94. The van der Waals surface area contributed by atoms with Crippen LogP contribution in [-0.2, 0) is 0 Å². The molecule has 0 spiro atoms. The summed E-state index contributed by atoms with van der Waals surface area (Å²) < 4.78 is 0. The number of thiophene rings is 1. The first-order chi connectivity index (χ1) is 13.3. The number of aromatic amines is 2. The third-order valence-corrected chi connectivity index (χ3v) is 5.85. The summed E-state index contributed by atoms with van der Waals surface area (Å²) in [7, 11) is 0. The van der Waals surface area contributed by atoms with Gasteiger partial charge in [0.15, 0.2) is 10.8 Å². The molecule has 0 aliphatic heterocycles. The summed E-state index contributed by atoms with van der Waals surface area (Å²) in [6, 6.07) is 13.7. The lowest BCUT2D eigenvalue weighted by molar-refractivity contribution is 0.102. The molecule has 0 saturated heterocycles. The molecule has 27 heavy (non-hydrogen) atoms. The van der Waals surface area contributed by atoms with E-state index in [0.29, 0.717) is 10.8 Å². The SMILES string of the molecule is O=C(Nc1nc(-c2c[nH]c3ccccc23)cs1)c1cc(-c2cccs2)[nH]n1. The second-order valence-corrected chi connectivity index (χ2v) is 7.69. The maximum Gasteiger partial charge on any atom is 0.277 e. The van der Waals surface area contributed by atoms with Crippen molar-refractivity contribution in [1.29, 1.82) is 0 Å². The Hall–Kier alpha value is -3.23. The third kappa shape index (κ3) is 2.94. The van der Waals surface area contributed by atoms with Crippen LogP contribution in [0.2, 0.25) is 0 Å². The van der Waals surface area contributed by atoms with Gasteiger partial charge in [0.1, 0.15) is 0 Å². The van der Waals surface area contributed by atoms with Crippen molar-refractivity contribution in [1.82, 2.24) is 20.2 Å². The smallest absolute Gasteiger partial charge is 0.277 e. The normalized spacial score (nSPS) is 11.1. The van der Waals surface area contributed by atoms with Gasteiger partial charge in [-0.15, -0.1) is 22.7 Å². The van der Waals surface area contributed by atoms with Crippen LogP contribution in [0.4, 0.5) is 5.13 Å². The van der Waals surface area contributed by atoms with E-state index < -0.39 is 0 Å². The average Bonchev–Trinajstić information content (AvgIpc) is 3.46. The number of nitrogens with zero attached hydrogens (tertiary/aromatic N) is 2. The number of carbonyl (C=O) groups is 1. The number of para-hydroxylation sites is 1. The van der Waals surface area contributed by atoms with Crippen LogP contribution in [0.15, 0.2) is 59.4 Å². The van der Waals surface area contributed by atoms with Crippen LogP contribution in [-0.4, -0.2) is 26.1 Å². The van der Waals surface area contributed by atoms with Gasteiger partial charge in [-0.25, -0.2) is 4.98 Å². The minimum atomic E-state index is -0.283.